The van der Waals surface area contributed by atoms with Crippen LogP contribution in [0.4, 0.5) is 0 Å². The summed E-state index contributed by atoms with van der Waals surface area (Å²) in [6.45, 7) is 3.66. The molecule has 0 aliphatic rings. The minimum atomic E-state index is -2.22. The molecule has 3 atom stereocenters. The predicted molar refractivity (Wildman–Crippen MR) is 177 cm³/mol. The van der Waals surface area contributed by atoms with Crippen molar-refractivity contribution in [3.05, 3.63) is 0 Å². The van der Waals surface area contributed by atoms with E-state index in [1.807, 2.05) is 0 Å². The lowest BCUT2D eigenvalue weighted by atomic mass is 9.96. The van der Waals surface area contributed by atoms with Crippen LogP contribution in [0, 0.1) is 0 Å². The number of aliphatic hydroxyl groups is 4. The highest BCUT2D eigenvalue weighted by atomic mass is 16.4. The van der Waals surface area contributed by atoms with Gasteiger partial charge in [-0.15, -0.1) is 0 Å². The number of nitrogens with one attached hydrogen (secondary N) is 1. The maximum absolute atomic E-state index is 12.4. The highest BCUT2D eigenvalue weighted by Crippen LogP contribution is 2.18. The van der Waals surface area contributed by atoms with E-state index in [9.17, 15) is 25.2 Å². The van der Waals surface area contributed by atoms with Gasteiger partial charge in [-0.05, 0) is 12.8 Å². The van der Waals surface area contributed by atoms with Gasteiger partial charge in [-0.3, -0.25) is 4.79 Å². The van der Waals surface area contributed by atoms with Crippen molar-refractivity contribution in [2.45, 2.75) is 218 Å². The van der Waals surface area contributed by atoms with Crippen molar-refractivity contribution < 1.29 is 25.2 Å². The molecule has 0 saturated carbocycles. The number of carbonyl (C=O) groups is 1. The molecule has 0 aromatic heterocycles. The van der Waals surface area contributed by atoms with Crippen molar-refractivity contribution >= 4 is 5.91 Å². The van der Waals surface area contributed by atoms with Crippen LogP contribution in [0.25, 0.3) is 0 Å². The molecular formula is C36H73NO5. The minimum Gasteiger partial charge on any atom is -0.391 e. The van der Waals surface area contributed by atoms with Crippen molar-refractivity contribution in [2.24, 2.45) is 0 Å². The van der Waals surface area contributed by atoms with Crippen molar-refractivity contribution in [3.63, 3.8) is 0 Å². The average Bonchev–Trinajstić information content (AvgIpc) is 2.99. The Bertz CT molecular complexity index is 575. The van der Waals surface area contributed by atoms with Gasteiger partial charge in [-0.1, -0.05) is 181 Å². The molecule has 0 aliphatic carbocycles. The van der Waals surface area contributed by atoms with Crippen molar-refractivity contribution in [1.82, 2.24) is 5.32 Å². The lowest BCUT2D eigenvalue weighted by Crippen LogP contribution is -2.62. The van der Waals surface area contributed by atoms with Gasteiger partial charge in [0.05, 0.1) is 12.7 Å². The minimum absolute atomic E-state index is 0.238. The Morgan fingerprint density at radius 3 is 1.19 bits per heavy atom. The Morgan fingerprint density at radius 1 is 0.548 bits per heavy atom. The van der Waals surface area contributed by atoms with Crippen LogP contribution in [-0.2, 0) is 4.79 Å². The van der Waals surface area contributed by atoms with Crippen LogP contribution >= 0.6 is 0 Å². The smallest absolute Gasteiger partial charge is 0.222 e. The zero-order valence-corrected chi connectivity index (χ0v) is 28.1. The molecule has 0 aromatic carbocycles. The van der Waals surface area contributed by atoms with E-state index in [1.165, 1.54) is 135 Å². The Morgan fingerprint density at radius 2 is 0.857 bits per heavy atom. The standard InChI is InChI=1S/C36H73NO5/c1-3-5-7-9-11-13-15-17-18-19-21-23-25-27-29-31-34(40)37-36(42,32-38)35(41)33(39)30-28-26-24-22-20-16-14-12-10-8-6-4-2/h33,35,38-39,41-42H,3-32H2,1-2H3,(H,37,40)/t33-,35+,36+/m1/s1. The second-order valence-corrected chi connectivity index (χ2v) is 13.0. The van der Waals surface area contributed by atoms with Crippen LogP contribution in [0.3, 0.4) is 0 Å². The molecule has 5 N–H and O–H groups in total. The monoisotopic (exact) mass is 600 g/mol. The molecule has 6 nitrogen and oxygen atoms in total. The van der Waals surface area contributed by atoms with Crippen LogP contribution in [0.2, 0.25) is 0 Å². The Hall–Kier alpha value is -0.690. The number of unbranched alkanes of at least 4 members (excludes halogenated alkanes) is 25. The second kappa shape index (κ2) is 30.3. The van der Waals surface area contributed by atoms with Crippen LogP contribution in [-0.4, -0.2) is 50.9 Å². The first kappa shape index (κ1) is 41.3. The molecule has 0 rings (SSSR count). The molecule has 0 aromatic rings. The summed E-state index contributed by atoms with van der Waals surface area (Å²) in [6.07, 6.45) is 31.0. The maximum atomic E-state index is 12.4. The third-order valence-corrected chi connectivity index (χ3v) is 8.81. The fourth-order valence-electron chi connectivity index (χ4n) is 5.84. The van der Waals surface area contributed by atoms with E-state index in [4.69, 9.17) is 0 Å². The molecule has 0 fully saturated rings. The fraction of sp³-hybridized carbons (Fsp3) is 0.972. The number of aliphatic hydroxyl groups excluding tert-OH is 3. The number of carbonyl (C=O) groups excluding carboxylic acids is 1. The summed E-state index contributed by atoms with van der Waals surface area (Å²) in [5.74, 6) is -0.405. The van der Waals surface area contributed by atoms with Gasteiger partial charge in [0.1, 0.15) is 6.10 Å². The van der Waals surface area contributed by atoms with Gasteiger partial charge in [0.15, 0.2) is 5.72 Å². The van der Waals surface area contributed by atoms with Crippen molar-refractivity contribution in [2.75, 3.05) is 6.61 Å². The van der Waals surface area contributed by atoms with Crippen LogP contribution < -0.4 is 5.32 Å². The molecule has 0 unspecified atom stereocenters. The summed E-state index contributed by atoms with van der Waals surface area (Å²) in [7, 11) is 0. The first-order valence-electron chi connectivity index (χ1n) is 18.4. The van der Waals surface area contributed by atoms with Crippen molar-refractivity contribution in [3.8, 4) is 0 Å². The highest BCUT2D eigenvalue weighted by Gasteiger charge is 2.40. The van der Waals surface area contributed by atoms with E-state index >= 15 is 0 Å². The normalized spacial score (nSPS) is 14.5. The quantitative estimate of drug-likeness (QED) is 0.0382. The summed E-state index contributed by atoms with van der Waals surface area (Å²) in [4.78, 5) is 12.4. The van der Waals surface area contributed by atoms with E-state index in [2.05, 4.69) is 19.2 Å². The summed E-state index contributed by atoms with van der Waals surface area (Å²) in [5.41, 5.74) is -2.22. The molecule has 0 bridgehead atoms. The Balaban J connectivity index is 3.80. The molecule has 0 heterocycles. The Kier molecular flexibility index (Phi) is 29.8. The van der Waals surface area contributed by atoms with Gasteiger partial charge in [0.2, 0.25) is 5.91 Å². The van der Waals surface area contributed by atoms with E-state index in [0.717, 1.165) is 32.1 Å². The molecule has 42 heavy (non-hydrogen) atoms. The largest absolute Gasteiger partial charge is 0.391 e. The fourth-order valence-corrected chi connectivity index (χ4v) is 5.84. The zero-order valence-electron chi connectivity index (χ0n) is 28.1. The maximum Gasteiger partial charge on any atom is 0.222 e. The van der Waals surface area contributed by atoms with Crippen molar-refractivity contribution in [1.29, 1.82) is 0 Å². The topological polar surface area (TPSA) is 110 Å². The summed E-state index contributed by atoms with van der Waals surface area (Å²) in [6, 6.07) is 0. The number of rotatable bonds is 33. The van der Waals surface area contributed by atoms with Gasteiger partial charge in [-0.25, -0.2) is 0 Å². The van der Waals surface area contributed by atoms with Crippen LogP contribution in [0.5, 0.6) is 0 Å². The van der Waals surface area contributed by atoms with Gasteiger partial charge in [0.25, 0.3) is 0 Å². The summed E-state index contributed by atoms with van der Waals surface area (Å²) >= 11 is 0. The average molecular weight is 600 g/mol. The predicted octanol–water partition coefficient (Wildman–Crippen LogP) is 8.86. The highest BCUT2D eigenvalue weighted by molar-refractivity contribution is 5.76. The molecule has 0 radical (unpaired) electrons. The van der Waals surface area contributed by atoms with E-state index in [-0.39, 0.29) is 6.42 Å². The van der Waals surface area contributed by atoms with Gasteiger partial charge < -0.3 is 25.7 Å². The molecule has 1 amide bonds. The SMILES string of the molecule is CCCCCCCCCCCCCCCCCC(=O)N[C@](O)(CO)[C@@H](O)[C@H](O)CCCCCCCCCCCCCC. The van der Waals surface area contributed by atoms with E-state index < -0.39 is 30.4 Å². The second-order valence-electron chi connectivity index (χ2n) is 13.0. The molecule has 0 saturated heterocycles. The number of amides is 1. The lowest BCUT2D eigenvalue weighted by Gasteiger charge is -2.34. The third-order valence-electron chi connectivity index (χ3n) is 8.81. The Labute approximate surface area is 260 Å². The third kappa shape index (κ3) is 24.7. The molecular weight excluding hydrogens is 526 g/mol. The van der Waals surface area contributed by atoms with E-state index in [0.29, 0.717) is 12.8 Å². The lowest BCUT2D eigenvalue weighted by molar-refractivity contribution is -0.172. The van der Waals surface area contributed by atoms with Gasteiger partial charge >= 0.3 is 0 Å². The zero-order chi connectivity index (χ0) is 31.2. The van der Waals surface area contributed by atoms with Gasteiger partial charge in [0, 0.05) is 6.42 Å². The first-order valence-corrected chi connectivity index (χ1v) is 18.4. The first-order chi connectivity index (χ1) is 20.4. The molecule has 0 spiro atoms. The van der Waals surface area contributed by atoms with Gasteiger partial charge in [-0.2, -0.15) is 0 Å². The molecule has 0 aliphatic heterocycles. The van der Waals surface area contributed by atoms with Crippen LogP contribution in [0.15, 0.2) is 0 Å². The molecule has 252 valence electrons. The van der Waals surface area contributed by atoms with E-state index in [1.54, 1.807) is 0 Å². The van der Waals surface area contributed by atoms with Crippen LogP contribution in [0.1, 0.15) is 200 Å². The molecule has 6 heteroatoms. The number of hydrogen-bond donors (Lipinski definition) is 5. The summed E-state index contributed by atoms with van der Waals surface area (Å²) < 4.78 is 0. The summed E-state index contributed by atoms with van der Waals surface area (Å²) in [5, 5.41) is 43.6. The number of hydrogen-bond acceptors (Lipinski definition) is 5.